The summed E-state index contributed by atoms with van der Waals surface area (Å²) < 4.78 is 40.9. The van der Waals surface area contributed by atoms with Crippen molar-refractivity contribution >= 4 is 11.8 Å². The largest absolute Gasteiger partial charge is 0.372 e. The van der Waals surface area contributed by atoms with E-state index >= 15 is 0 Å². The van der Waals surface area contributed by atoms with Gasteiger partial charge in [-0.25, -0.2) is 8.78 Å². The van der Waals surface area contributed by atoms with Crippen LogP contribution in [0.4, 0.5) is 8.78 Å². The fraction of sp³-hybridized carbons (Fsp3) is 0.577. The molecule has 3 heterocycles. The highest BCUT2D eigenvalue weighted by Gasteiger charge is 2.34. The Balaban J connectivity index is 1.22. The van der Waals surface area contributed by atoms with Gasteiger partial charge in [0, 0.05) is 43.0 Å². The van der Waals surface area contributed by atoms with E-state index in [4.69, 9.17) is 9.47 Å². The van der Waals surface area contributed by atoms with Crippen LogP contribution in [-0.4, -0.2) is 75.9 Å². The summed E-state index contributed by atoms with van der Waals surface area (Å²) in [5, 5.41) is 4.61. The van der Waals surface area contributed by atoms with E-state index in [2.05, 4.69) is 5.10 Å². The molecule has 8 nitrogen and oxygen atoms in total. The molecule has 10 heteroatoms. The van der Waals surface area contributed by atoms with Gasteiger partial charge >= 0.3 is 0 Å². The third kappa shape index (κ3) is 5.01. The van der Waals surface area contributed by atoms with Crippen LogP contribution in [0.5, 0.6) is 0 Å². The number of hydrogen-bond acceptors (Lipinski definition) is 5. The highest BCUT2D eigenvalue weighted by molar-refractivity contribution is 5.94. The van der Waals surface area contributed by atoms with Gasteiger partial charge in [-0.2, -0.15) is 5.10 Å². The van der Waals surface area contributed by atoms with Crippen molar-refractivity contribution in [1.82, 2.24) is 19.6 Å². The minimum absolute atomic E-state index is 0.0328. The molecule has 0 bridgehead atoms. The molecule has 3 aliphatic rings. The molecule has 5 rings (SSSR count). The van der Waals surface area contributed by atoms with Crippen LogP contribution in [0.2, 0.25) is 0 Å². The van der Waals surface area contributed by atoms with E-state index in [-0.39, 0.29) is 48.8 Å². The first kappa shape index (κ1) is 24.8. The molecule has 0 saturated carbocycles. The second-order valence-corrected chi connectivity index (χ2v) is 10.0. The first-order valence-corrected chi connectivity index (χ1v) is 12.7. The third-order valence-electron chi connectivity index (χ3n) is 7.22. The van der Waals surface area contributed by atoms with Crippen LogP contribution in [0.1, 0.15) is 54.0 Å². The van der Waals surface area contributed by atoms with Gasteiger partial charge in [0.05, 0.1) is 24.9 Å². The molecular formula is C26H32F2N4O4. The Morgan fingerprint density at radius 3 is 2.53 bits per heavy atom. The maximum Gasteiger partial charge on any atom is 0.274 e. The molecule has 2 amide bonds. The summed E-state index contributed by atoms with van der Waals surface area (Å²) in [7, 11) is 0. The standard InChI is InChI=1S/C26H32F2N4O4/c1-16-11-31(12-17(2)36-16)26(34)25-19-5-3-8-23(19)32(29-25)14-24(33)30-10-9-18(13-30)35-15-20-21(27)6-4-7-22(20)28/h4,6-7,16-18H,3,5,8-15H2,1-2H3/t16-,17+,18?. The Morgan fingerprint density at radius 1 is 1.08 bits per heavy atom. The number of hydrogen-bond donors (Lipinski definition) is 0. The van der Waals surface area contributed by atoms with Gasteiger partial charge in [-0.15, -0.1) is 0 Å². The normalized spacial score (nSPS) is 23.8. The molecule has 2 aromatic rings. The summed E-state index contributed by atoms with van der Waals surface area (Å²) in [5.41, 5.74) is 2.26. The Morgan fingerprint density at radius 2 is 1.81 bits per heavy atom. The molecule has 2 aliphatic heterocycles. The molecule has 194 valence electrons. The Bertz CT molecular complexity index is 1120. The number of amides is 2. The van der Waals surface area contributed by atoms with Gasteiger partial charge in [-0.05, 0) is 51.7 Å². The van der Waals surface area contributed by atoms with Crippen LogP contribution in [-0.2, 0) is 40.3 Å². The van der Waals surface area contributed by atoms with Crippen molar-refractivity contribution in [1.29, 1.82) is 0 Å². The van der Waals surface area contributed by atoms with E-state index in [1.807, 2.05) is 13.8 Å². The van der Waals surface area contributed by atoms with E-state index in [1.54, 1.807) is 14.5 Å². The summed E-state index contributed by atoms with van der Waals surface area (Å²) in [4.78, 5) is 29.9. The zero-order chi connectivity index (χ0) is 25.4. The SMILES string of the molecule is C[C@@H]1CN(C(=O)c2nn(CC(=O)N3CCC(OCc4c(F)cccc4F)C3)c3c2CCC3)C[C@H](C)O1. The number of morpholine rings is 1. The van der Waals surface area contributed by atoms with Crippen molar-refractivity contribution < 1.29 is 27.8 Å². The summed E-state index contributed by atoms with van der Waals surface area (Å²) in [6, 6.07) is 3.72. The van der Waals surface area contributed by atoms with Crippen molar-refractivity contribution in [2.75, 3.05) is 26.2 Å². The van der Waals surface area contributed by atoms with Gasteiger partial charge in [0.25, 0.3) is 5.91 Å². The van der Waals surface area contributed by atoms with Gasteiger partial charge in [0.15, 0.2) is 5.69 Å². The Hall–Kier alpha value is -2.85. The van der Waals surface area contributed by atoms with E-state index in [0.717, 1.165) is 30.5 Å². The summed E-state index contributed by atoms with van der Waals surface area (Å²) in [5.74, 6) is -1.49. The average Bonchev–Trinajstić information content (AvgIpc) is 3.56. The number of rotatable bonds is 6. The lowest BCUT2D eigenvalue weighted by Gasteiger charge is -2.35. The number of likely N-dealkylation sites (tertiary alicyclic amines) is 1. The first-order chi connectivity index (χ1) is 17.3. The molecule has 2 fully saturated rings. The van der Waals surface area contributed by atoms with Crippen molar-refractivity contribution in [3.05, 3.63) is 52.3 Å². The second-order valence-electron chi connectivity index (χ2n) is 10.0. The van der Waals surface area contributed by atoms with Crippen LogP contribution in [0.25, 0.3) is 0 Å². The second kappa shape index (κ2) is 10.3. The number of carbonyl (C=O) groups is 2. The third-order valence-corrected chi connectivity index (χ3v) is 7.22. The van der Waals surface area contributed by atoms with Crippen molar-refractivity contribution in [3.8, 4) is 0 Å². The lowest BCUT2D eigenvalue weighted by atomic mass is 10.1. The molecule has 0 radical (unpaired) electrons. The lowest BCUT2D eigenvalue weighted by Crippen LogP contribution is -2.48. The molecular weight excluding hydrogens is 470 g/mol. The molecule has 0 N–H and O–H groups in total. The number of aromatic nitrogens is 2. The first-order valence-electron chi connectivity index (χ1n) is 12.7. The van der Waals surface area contributed by atoms with Crippen molar-refractivity contribution in [3.63, 3.8) is 0 Å². The van der Waals surface area contributed by atoms with Gasteiger partial charge in [-0.1, -0.05) is 6.07 Å². The Labute approximate surface area is 209 Å². The number of ether oxygens (including phenoxy) is 2. The predicted octanol–water partition coefficient (Wildman–Crippen LogP) is 2.72. The molecule has 1 aromatic heterocycles. The fourth-order valence-corrected chi connectivity index (χ4v) is 5.50. The number of fused-ring (bicyclic) bond motifs is 1. The number of carbonyl (C=O) groups excluding carboxylic acids is 2. The number of nitrogens with zero attached hydrogens (tertiary/aromatic N) is 4. The van der Waals surface area contributed by atoms with Crippen LogP contribution in [0.15, 0.2) is 18.2 Å². The zero-order valence-corrected chi connectivity index (χ0v) is 20.7. The van der Waals surface area contributed by atoms with E-state index < -0.39 is 11.6 Å². The van der Waals surface area contributed by atoms with Gasteiger partial charge < -0.3 is 19.3 Å². The molecule has 2 saturated heterocycles. The quantitative estimate of drug-likeness (QED) is 0.607. The minimum Gasteiger partial charge on any atom is -0.372 e. The monoisotopic (exact) mass is 502 g/mol. The van der Waals surface area contributed by atoms with E-state index in [1.165, 1.54) is 18.2 Å². The minimum atomic E-state index is -0.639. The molecule has 1 aliphatic carbocycles. The summed E-state index contributed by atoms with van der Waals surface area (Å²) in [6.45, 7) is 5.69. The zero-order valence-electron chi connectivity index (χ0n) is 20.7. The maximum absolute atomic E-state index is 13.9. The van der Waals surface area contributed by atoms with Gasteiger partial charge in [0.1, 0.15) is 18.2 Å². The fourth-order valence-electron chi connectivity index (χ4n) is 5.50. The Kier molecular flexibility index (Phi) is 7.07. The van der Waals surface area contributed by atoms with Crippen molar-refractivity contribution in [2.45, 2.75) is 71.0 Å². The van der Waals surface area contributed by atoms with Crippen LogP contribution >= 0.6 is 0 Å². The maximum atomic E-state index is 13.9. The van der Waals surface area contributed by atoms with Crippen LogP contribution < -0.4 is 0 Å². The van der Waals surface area contributed by atoms with E-state index in [9.17, 15) is 18.4 Å². The summed E-state index contributed by atoms with van der Waals surface area (Å²) >= 11 is 0. The van der Waals surface area contributed by atoms with Gasteiger partial charge in [-0.3, -0.25) is 14.3 Å². The highest BCUT2D eigenvalue weighted by atomic mass is 19.1. The molecule has 1 unspecified atom stereocenters. The molecule has 1 aromatic carbocycles. The van der Waals surface area contributed by atoms with Gasteiger partial charge in [0.2, 0.25) is 5.91 Å². The molecule has 36 heavy (non-hydrogen) atoms. The number of halogens is 2. The number of benzene rings is 1. The lowest BCUT2D eigenvalue weighted by molar-refractivity contribution is -0.131. The topological polar surface area (TPSA) is 76.9 Å². The molecule has 3 atom stereocenters. The molecule has 0 spiro atoms. The predicted molar refractivity (Wildman–Crippen MR) is 126 cm³/mol. The highest BCUT2D eigenvalue weighted by Crippen LogP contribution is 2.28. The summed E-state index contributed by atoms with van der Waals surface area (Å²) in [6.07, 6.45) is 2.74. The van der Waals surface area contributed by atoms with Crippen LogP contribution in [0.3, 0.4) is 0 Å². The van der Waals surface area contributed by atoms with Crippen molar-refractivity contribution in [2.24, 2.45) is 0 Å². The smallest absolute Gasteiger partial charge is 0.274 e. The average molecular weight is 503 g/mol. The van der Waals surface area contributed by atoms with E-state index in [0.29, 0.717) is 38.3 Å². The van der Waals surface area contributed by atoms with Crippen LogP contribution in [0, 0.1) is 11.6 Å².